The second-order valence-corrected chi connectivity index (χ2v) is 5.09. The number of halogens is 3. The number of nitrogens with two attached hydrogens (primary N) is 1. The number of alkyl halides is 3. The van der Waals surface area contributed by atoms with E-state index in [1.54, 1.807) is 13.0 Å². The molecule has 0 unspecified atom stereocenters. The summed E-state index contributed by atoms with van der Waals surface area (Å²) in [7, 11) is 0. The van der Waals surface area contributed by atoms with Crippen molar-refractivity contribution in [1.29, 1.82) is 5.26 Å². The van der Waals surface area contributed by atoms with Gasteiger partial charge in [0.1, 0.15) is 0 Å². The number of nitrogens with zero attached hydrogens (tertiary/aromatic N) is 1. The third-order valence-electron chi connectivity index (χ3n) is 2.51. The van der Waals surface area contributed by atoms with E-state index in [0.29, 0.717) is 5.56 Å². The van der Waals surface area contributed by atoms with Crippen LogP contribution in [0.3, 0.4) is 0 Å². The van der Waals surface area contributed by atoms with E-state index < -0.39 is 11.5 Å². The van der Waals surface area contributed by atoms with Gasteiger partial charge in [-0.3, -0.25) is 4.79 Å². The van der Waals surface area contributed by atoms with Crippen molar-refractivity contribution < 1.29 is 22.7 Å². The van der Waals surface area contributed by atoms with E-state index in [1.807, 2.05) is 0 Å². The summed E-state index contributed by atoms with van der Waals surface area (Å²) in [6.45, 7) is 1.74. The fourth-order valence-electron chi connectivity index (χ4n) is 1.76. The molecule has 0 aliphatic rings. The maximum atomic E-state index is 12.4. The van der Waals surface area contributed by atoms with Crippen molar-refractivity contribution >= 4 is 17.7 Å². The molecule has 114 valence electrons. The fraction of sp³-hybridized carbons (Fsp3) is 0.385. The quantitative estimate of drug-likeness (QED) is 0.667. The Kier molecular flexibility index (Phi) is 6.05. The Bertz CT molecular complexity index is 568. The molecule has 0 aliphatic heterocycles. The number of hydrogen-bond acceptors (Lipinski definition) is 5. The number of nitriles is 1. The van der Waals surface area contributed by atoms with E-state index >= 15 is 0 Å². The molecule has 0 radical (unpaired) electrons. The summed E-state index contributed by atoms with van der Waals surface area (Å²) in [5.41, 5.74) is 1.72. The smallest absolute Gasteiger partial charge is 0.446 e. The lowest BCUT2D eigenvalue weighted by atomic mass is 9.99. The molecule has 0 spiro atoms. The van der Waals surface area contributed by atoms with Gasteiger partial charge in [0.2, 0.25) is 0 Å². The predicted octanol–water partition coefficient (Wildman–Crippen LogP) is 2.73. The van der Waals surface area contributed by atoms with Gasteiger partial charge in [-0.25, -0.2) is 0 Å². The largest absolute Gasteiger partial charge is 0.466 e. The Morgan fingerprint density at radius 2 is 2.14 bits per heavy atom. The summed E-state index contributed by atoms with van der Waals surface area (Å²) < 4.78 is 42.1. The van der Waals surface area contributed by atoms with Crippen molar-refractivity contribution in [2.75, 3.05) is 6.61 Å². The number of carbonyl (C=O) groups is 1. The van der Waals surface area contributed by atoms with Gasteiger partial charge in [0.25, 0.3) is 0 Å². The molecule has 1 aromatic carbocycles. The summed E-state index contributed by atoms with van der Waals surface area (Å²) in [4.78, 5) is 11.3. The summed E-state index contributed by atoms with van der Waals surface area (Å²) in [5.74, 6) is -0.578. The Hall–Kier alpha value is -1.72. The van der Waals surface area contributed by atoms with Gasteiger partial charge in [-0.05, 0) is 41.9 Å². The molecule has 21 heavy (non-hydrogen) atoms. The second kappa shape index (κ2) is 7.33. The number of benzene rings is 1. The SMILES string of the molecule is CCOC(=O)Cc1cc(SC(F)(F)F)cc(C#N)c1CN. The van der Waals surface area contributed by atoms with Crippen molar-refractivity contribution in [2.45, 2.75) is 30.3 Å². The summed E-state index contributed by atoms with van der Waals surface area (Å²) in [5, 5.41) is 9.02. The number of esters is 1. The number of rotatable bonds is 5. The molecule has 0 saturated carbocycles. The molecule has 0 aliphatic carbocycles. The molecule has 8 heteroatoms. The molecule has 0 heterocycles. The number of thioether (sulfide) groups is 1. The topological polar surface area (TPSA) is 76.1 Å². The molecular weight excluding hydrogens is 305 g/mol. The number of ether oxygens (including phenoxy) is 1. The van der Waals surface area contributed by atoms with Crippen molar-refractivity contribution in [1.82, 2.24) is 0 Å². The first-order valence-electron chi connectivity index (χ1n) is 5.98. The summed E-state index contributed by atoms with van der Waals surface area (Å²) in [6, 6.07) is 4.15. The van der Waals surface area contributed by atoms with Crippen LogP contribution in [0.5, 0.6) is 0 Å². The van der Waals surface area contributed by atoms with Gasteiger partial charge in [-0.15, -0.1) is 0 Å². The van der Waals surface area contributed by atoms with Gasteiger partial charge in [-0.2, -0.15) is 18.4 Å². The third kappa shape index (κ3) is 5.28. The normalized spacial score (nSPS) is 11.0. The highest BCUT2D eigenvalue weighted by Gasteiger charge is 2.30. The van der Waals surface area contributed by atoms with Crippen LogP contribution < -0.4 is 5.73 Å². The van der Waals surface area contributed by atoms with Gasteiger partial charge in [-0.1, -0.05) is 0 Å². The van der Waals surface area contributed by atoms with E-state index in [-0.39, 0.29) is 47.4 Å². The average Bonchev–Trinajstić information content (AvgIpc) is 2.36. The van der Waals surface area contributed by atoms with Crippen LogP contribution in [0.15, 0.2) is 17.0 Å². The van der Waals surface area contributed by atoms with Crippen LogP contribution in [0.1, 0.15) is 23.6 Å². The Morgan fingerprint density at radius 3 is 2.62 bits per heavy atom. The van der Waals surface area contributed by atoms with Crippen LogP contribution in [-0.2, 0) is 22.5 Å². The summed E-state index contributed by atoms with van der Waals surface area (Å²) in [6.07, 6.45) is -0.221. The van der Waals surface area contributed by atoms with Crippen LogP contribution in [0.25, 0.3) is 0 Å². The van der Waals surface area contributed by atoms with E-state index in [0.717, 1.165) is 6.07 Å². The van der Waals surface area contributed by atoms with E-state index in [1.165, 1.54) is 6.07 Å². The zero-order valence-corrected chi connectivity index (χ0v) is 12.0. The summed E-state index contributed by atoms with van der Waals surface area (Å²) >= 11 is -0.340. The van der Waals surface area contributed by atoms with E-state index in [4.69, 9.17) is 15.7 Å². The van der Waals surface area contributed by atoms with Crippen LogP contribution in [0, 0.1) is 11.3 Å². The lowest BCUT2D eigenvalue weighted by Gasteiger charge is -2.13. The van der Waals surface area contributed by atoms with Gasteiger partial charge in [0.05, 0.1) is 24.7 Å². The molecule has 2 N–H and O–H groups in total. The molecule has 1 aromatic rings. The lowest BCUT2D eigenvalue weighted by molar-refractivity contribution is -0.142. The maximum absolute atomic E-state index is 12.4. The van der Waals surface area contributed by atoms with Crippen molar-refractivity contribution in [3.8, 4) is 6.07 Å². The minimum Gasteiger partial charge on any atom is -0.466 e. The third-order valence-corrected chi connectivity index (χ3v) is 3.22. The first kappa shape index (κ1) is 17.3. The zero-order chi connectivity index (χ0) is 16.0. The molecule has 0 amide bonds. The first-order valence-corrected chi connectivity index (χ1v) is 6.79. The Morgan fingerprint density at radius 1 is 1.48 bits per heavy atom. The Labute approximate surface area is 124 Å². The fourth-order valence-corrected chi connectivity index (χ4v) is 2.41. The zero-order valence-electron chi connectivity index (χ0n) is 11.2. The molecular formula is C13H13F3N2O2S. The van der Waals surface area contributed by atoms with Gasteiger partial charge in [0, 0.05) is 11.4 Å². The molecule has 4 nitrogen and oxygen atoms in total. The number of carbonyl (C=O) groups excluding carboxylic acids is 1. The second-order valence-electron chi connectivity index (χ2n) is 3.95. The molecule has 0 atom stereocenters. The minimum atomic E-state index is -4.47. The molecule has 0 aromatic heterocycles. The van der Waals surface area contributed by atoms with Crippen LogP contribution >= 0.6 is 11.8 Å². The van der Waals surface area contributed by atoms with Gasteiger partial charge in [0.15, 0.2) is 0 Å². The van der Waals surface area contributed by atoms with Crippen molar-refractivity contribution in [3.63, 3.8) is 0 Å². The minimum absolute atomic E-state index is 0.0334. The molecule has 0 fully saturated rings. The monoisotopic (exact) mass is 318 g/mol. The predicted molar refractivity (Wildman–Crippen MR) is 71.3 cm³/mol. The maximum Gasteiger partial charge on any atom is 0.446 e. The first-order chi connectivity index (χ1) is 9.80. The number of hydrogen-bond donors (Lipinski definition) is 1. The van der Waals surface area contributed by atoms with Crippen molar-refractivity contribution in [2.24, 2.45) is 5.73 Å². The van der Waals surface area contributed by atoms with Crippen LogP contribution in [-0.4, -0.2) is 18.1 Å². The van der Waals surface area contributed by atoms with E-state index in [2.05, 4.69) is 0 Å². The highest BCUT2D eigenvalue weighted by molar-refractivity contribution is 8.00. The van der Waals surface area contributed by atoms with Crippen LogP contribution in [0.4, 0.5) is 13.2 Å². The highest BCUT2D eigenvalue weighted by atomic mass is 32.2. The van der Waals surface area contributed by atoms with Gasteiger partial charge < -0.3 is 10.5 Å². The van der Waals surface area contributed by atoms with E-state index in [9.17, 15) is 18.0 Å². The molecule has 0 saturated heterocycles. The average molecular weight is 318 g/mol. The molecule has 1 rings (SSSR count). The lowest BCUT2D eigenvalue weighted by Crippen LogP contribution is -2.13. The highest BCUT2D eigenvalue weighted by Crippen LogP contribution is 2.38. The standard InChI is InChI=1S/C13H13F3N2O2S/c1-2-20-12(19)5-8-3-10(21-13(14,15)16)4-9(6-17)11(8)7-18/h3-4H,2,5,7,18H2,1H3. The Balaban J connectivity index is 3.22. The molecule has 0 bridgehead atoms. The van der Waals surface area contributed by atoms with Crippen LogP contribution in [0.2, 0.25) is 0 Å². The van der Waals surface area contributed by atoms with Crippen molar-refractivity contribution in [3.05, 3.63) is 28.8 Å². The van der Waals surface area contributed by atoms with Gasteiger partial charge >= 0.3 is 11.5 Å².